The van der Waals surface area contributed by atoms with Gasteiger partial charge in [0.2, 0.25) is 0 Å². The molecule has 0 saturated heterocycles. The molecule has 1 aromatic carbocycles. The minimum atomic E-state index is 0. The van der Waals surface area contributed by atoms with Crippen LogP contribution in [0.25, 0.3) is 11.3 Å². The highest BCUT2D eigenvalue weighted by atomic mass is 79.9. The number of rotatable bonds is 2. The number of benzene rings is 1. The van der Waals surface area contributed by atoms with E-state index in [0.29, 0.717) is 5.13 Å². The summed E-state index contributed by atoms with van der Waals surface area (Å²) in [5.41, 5.74) is 9.87. The largest absolute Gasteiger partial charge is 0.496 e. The number of halogens is 1. The zero-order chi connectivity index (χ0) is 11.7. The zero-order valence-corrected chi connectivity index (χ0v) is 12.5. The minimum Gasteiger partial charge on any atom is -0.496 e. The number of nitrogen functional groups attached to an aromatic ring is 1. The van der Waals surface area contributed by atoms with Crippen LogP contribution < -0.4 is 10.5 Å². The third kappa shape index (κ3) is 2.79. The predicted octanol–water partition coefficient (Wildman–Crippen LogP) is 3.60. The quantitative estimate of drug-likeness (QED) is 0.921. The summed E-state index contributed by atoms with van der Waals surface area (Å²) in [5.74, 6) is 0.937. The van der Waals surface area contributed by atoms with Crippen molar-refractivity contribution in [1.82, 2.24) is 4.98 Å². The van der Waals surface area contributed by atoms with Gasteiger partial charge in [-0.2, -0.15) is 0 Å². The van der Waals surface area contributed by atoms with Crippen LogP contribution >= 0.6 is 28.3 Å². The number of anilines is 1. The molecule has 0 amide bonds. The average molecular weight is 315 g/mol. The Morgan fingerprint density at radius 1 is 1.24 bits per heavy atom. The molecule has 0 atom stereocenters. The summed E-state index contributed by atoms with van der Waals surface area (Å²) in [6.45, 7) is 4.07. The van der Waals surface area contributed by atoms with Gasteiger partial charge in [0.15, 0.2) is 5.13 Å². The standard InChI is InChI=1S/C12H14N2OS.BrH/c1-7-4-9(5-8(2)11(7)15-3)10-6-16-12(13)14-10;/h4-6H,1-3H3,(H2,13,14);1H. The number of hydrogen-bond acceptors (Lipinski definition) is 4. The summed E-state index contributed by atoms with van der Waals surface area (Å²) in [5, 5.41) is 2.57. The van der Waals surface area contributed by atoms with E-state index in [9.17, 15) is 0 Å². The molecule has 0 unspecified atom stereocenters. The molecule has 2 aromatic rings. The van der Waals surface area contributed by atoms with Crippen LogP contribution in [-0.2, 0) is 0 Å². The number of aromatic nitrogens is 1. The van der Waals surface area contributed by atoms with Gasteiger partial charge in [-0.1, -0.05) is 0 Å². The molecule has 0 aliphatic carbocycles. The van der Waals surface area contributed by atoms with Crippen molar-refractivity contribution in [3.63, 3.8) is 0 Å². The Hall–Kier alpha value is -1.07. The van der Waals surface area contributed by atoms with E-state index in [-0.39, 0.29) is 17.0 Å². The molecule has 2 N–H and O–H groups in total. The molecule has 0 spiro atoms. The Bertz CT molecular complexity index is 502. The van der Waals surface area contributed by atoms with Crippen LogP contribution in [0.3, 0.4) is 0 Å². The second-order valence-corrected chi connectivity index (χ2v) is 4.60. The van der Waals surface area contributed by atoms with Crippen molar-refractivity contribution in [2.45, 2.75) is 13.8 Å². The van der Waals surface area contributed by atoms with Crippen molar-refractivity contribution in [2.24, 2.45) is 0 Å². The molecule has 1 aromatic heterocycles. The lowest BCUT2D eigenvalue weighted by Crippen LogP contribution is -1.92. The van der Waals surface area contributed by atoms with Gasteiger partial charge in [-0.05, 0) is 37.1 Å². The molecule has 0 aliphatic heterocycles. The van der Waals surface area contributed by atoms with Crippen LogP contribution in [0.2, 0.25) is 0 Å². The molecular weight excluding hydrogens is 300 g/mol. The van der Waals surface area contributed by atoms with Crippen LogP contribution in [-0.4, -0.2) is 12.1 Å². The van der Waals surface area contributed by atoms with Crippen molar-refractivity contribution >= 4 is 33.4 Å². The number of aryl methyl sites for hydroxylation is 2. The van der Waals surface area contributed by atoms with Crippen molar-refractivity contribution < 1.29 is 4.74 Å². The Kier molecular flexibility index (Phi) is 4.54. The highest BCUT2D eigenvalue weighted by Crippen LogP contribution is 2.30. The Labute approximate surface area is 115 Å². The molecule has 5 heteroatoms. The number of nitrogens with zero attached hydrogens (tertiary/aromatic N) is 1. The van der Waals surface area contributed by atoms with Gasteiger partial charge in [-0.3, -0.25) is 0 Å². The Balaban J connectivity index is 0.00000144. The molecule has 0 fully saturated rings. The summed E-state index contributed by atoms with van der Waals surface area (Å²) in [6, 6.07) is 4.14. The van der Waals surface area contributed by atoms with Gasteiger partial charge >= 0.3 is 0 Å². The highest BCUT2D eigenvalue weighted by molar-refractivity contribution is 8.93. The minimum absolute atomic E-state index is 0. The Morgan fingerprint density at radius 3 is 2.24 bits per heavy atom. The second-order valence-electron chi connectivity index (χ2n) is 3.71. The van der Waals surface area contributed by atoms with Crippen molar-refractivity contribution in [3.8, 4) is 17.0 Å². The predicted molar refractivity (Wildman–Crippen MR) is 78.3 cm³/mol. The number of ether oxygens (including phenoxy) is 1. The van der Waals surface area contributed by atoms with Gasteiger partial charge < -0.3 is 10.5 Å². The summed E-state index contributed by atoms with van der Waals surface area (Å²) < 4.78 is 5.33. The normalized spacial score (nSPS) is 9.82. The zero-order valence-electron chi connectivity index (χ0n) is 9.98. The monoisotopic (exact) mass is 314 g/mol. The number of hydrogen-bond donors (Lipinski definition) is 1. The Morgan fingerprint density at radius 2 is 1.82 bits per heavy atom. The van der Waals surface area contributed by atoms with E-state index < -0.39 is 0 Å². The maximum atomic E-state index is 5.63. The first kappa shape index (κ1) is 14.0. The van der Waals surface area contributed by atoms with Gasteiger partial charge in [0, 0.05) is 10.9 Å². The SMILES string of the molecule is Br.COc1c(C)cc(-c2csc(N)n2)cc1C. The summed E-state index contributed by atoms with van der Waals surface area (Å²) in [7, 11) is 1.69. The third-order valence-electron chi connectivity index (χ3n) is 2.48. The van der Waals surface area contributed by atoms with Crippen LogP contribution in [0.5, 0.6) is 5.75 Å². The molecule has 0 aliphatic rings. The molecule has 17 heavy (non-hydrogen) atoms. The van der Waals surface area contributed by atoms with Gasteiger partial charge in [-0.25, -0.2) is 4.98 Å². The smallest absolute Gasteiger partial charge is 0.180 e. The lowest BCUT2D eigenvalue weighted by molar-refractivity contribution is 0.408. The number of methoxy groups -OCH3 is 1. The molecule has 2 rings (SSSR count). The van der Waals surface area contributed by atoms with E-state index in [1.54, 1.807) is 7.11 Å². The summed E-state index contributed by atoms with van der Waals surface area (Å²) in [4.78, 5) is 4.27. The van der Waals surface area contributed by atoms with E-state index >= 15 is 0 Å². The van der Waals surface area contributed by atoms with Crippen molar-refractivity contribution in [3.05, 3.63) is 28.6 Å². The van der Waals surface area contributed by atoms with E-state index in [0.717, 1.165) is 28.1 Å². The molecule has 3 nitrogen and oxygen atoms in total. The molecule has 0 radical (unpaired) electrons. The van der Waals surface area contributed by atoms with Gasteiger partial charge in [0.05, 0.1) is 12.8 Å². The fourth-order valence-electron chi connectivity index (χ4n) is 1.84. The van der Waals surface area contributed by atoms with E-state index in [1.807, 2.05) is 19.2 Å². The van der Waals surface area contributed by atoms with Crippen molar-refractivity contribution in [1.29, 1.82) is 0 Å². The van der Waals surface area contributed by atoms with Crippen LogP contribution in [0.15, 0.2) is 17.5 Å². The summed E-state index contributed by atoms with van der Waals surface area (Å²) in [6.07, 6.45) is 0. The van der Waals surface area contributed by atoms with E-state index in [1.165, 1.54) is 11.3 Å². The van der Waals surface area contributed by atoms with E-state index in [4.69, 9.17) is 10.5 Å². The highest BCUT2D eigenvalue weighted by Gasteiger charge is 2.08. The van der Waals surface area contributed by atoms with Gasteiger partial charge in [0.1, 0.15) is 5.75 Å². The van der Waals surface area contributed by atoms with Crippen LogP contribution in [0.4, 0.5) is 5.13 Å². The lowest BCUT2D eigenvalue weighted by Gasteiger charge is -2.10. The average Bonchev–Trinajstić information content (AvgIpc) is 2.64. The second kappa shape index (κ2) is 5.51. The molecule has 0 bridgehead atoms. The fourth-order valence-corrected chi connectivity index (χ4v) is 2.41. The molecular formula is C12H15BrN2OS. The molecule has 92 valence electrons. The van der Waals surface area contributed by atoms with Crippen molar-refractivity contribution in [2.75, 3.05) is 12.8 Å². The first-order valence-corrected chi connectivity index (χ1v) is 5.86. The topological polar surface area (TPSA) is 48.1 Å². The van der Waals surface area contributed by atoms with Crippen LogP contribution in [0, 0.1) is 13.8 Å². The lowest BCUT2D eigenvalue weighted by atomic mass is 10.0. The first-order chi connectivity index (χ1) is 7.61. The van der Waals surface area contributed by atoms with Crippen LogP contribution in [0.1, 0.15) is 11.1 Å². The van der Waals surface area contributed by atoms with Gasteiger partial charge in [-0.15, -0.1) is 28.3 Å². The third-order valence-corrected chi connectivity index (χ3v) is 3.16. The van der Waals surface area contributed by atoms with Gasteiger partial charge in [0.25, 0.3) is 0 Å². The molecule has 0 saturated carbocycles. The fraction of sp³-hybridized carbons (Fsp3) is 0.250. The number of nitrogens with two attached hydrogens (primary N) is 1. The maximum absolute atomic E-state index is 5.63. The summed E-state index contributed by atoms with van der Waals surface area (Å²) >= 11 is 1.46. The first-order valence-electron chi connectivity index (χ1n) is 4.98. The molecule has 1 heterocycles. The number of thiazole rings is 1. The maximum Gasteiger partial charge on any atom is 0.180 e. The van der Waals surface area contributed by atoms with E-state index in [2.05, 4.69) is 17.1 Å².